The van der Waals surface area contributed by atoms with Crippen molar-refractivity contribution >= 4 is 23.2 Å². The molecule has 1 N–H and O–H groups in total. The standard InChI is InChI=1S/C16H24Cl2N2O/c1-12-11-20(8-4-10-21-12)9-7-15(19-2)13-5-3-6-14(17)16(13)18/h3,5-6,12,15,19H,4,7-11H2,1-2H3. The Morgan fingerprint density at radius 2 is 2.24 bits per heavy atom. The second-order valence-corrected chi connectivity index (χ2v) is 6.39. The second kappa shape index (κ2) is 8.35. The molecule has 0 saturated carbocycles. The molecule has 0 radical (unpaired) electrons. The molecule has 1 aliphatic heterocycles. The molecule has 0 aliphatic carbocycles. The van der Waals surface area contributed by atoms with Gasteiger partial charge in [-0.2, -0.15) is 0 Å². The minimum atomic E-state index is 0.218. The van der Waals surface area contributed by atoms with E-state index in [9.17, 15) is 0 Å². The van der Waals surface area contributed by atoms with Crippen molar-refractivity contribution in [3.05, 3.63) is 33.8 Å². The molecule has 2 rings (SSSR count). The average molecular weight is 331 g/mol. The van der Waals surface area contributed by atoms with Crippen LogP contribution in [-0.4, -0.2) is 44.3 Å². The van der Waals surface area contributed by atoms with Gasteiger partial charge in [0.2, 0.25) is 0 Å². The van der Waals surface area contributed by atoms with Crippen molar-refractivity contribution in [1.29, 1.82) is 0 Å². The lowest BCUT2D eigenvalue weighted by Gasteiger charge is -2.25. The van der Waals surface area contributed by atoms with Crippen LogP contribution in [0.5, 0.6) is 0 Å². The van der Waals surface area contributed by atoms with Crippen molar-refractivity contribution in [2.45, 2.75) is 31.9 Å². The van der Waals surface area contributed by atoms with Crippen LogP contribution in [-0.2, 0) is 4.74 Å². The van der Waals surface area contributed by atoms with Gasteiger partial charge in [0.15, 0.2) is 0 Å². The number of nitrogens with one attached hydrogen (secondary N) is 1. The minimum Gasteiger partial charge on any atom is -0.377 e. The summed E-state index contributed by atoms with van der Waals surface area (Å²) in [5.74, 6) is 0. The molecule has 2 unspecified atom stereocenters. The van der Waals surface area contributed by atoms with Crippen molar-refractivity contribution in [2.24, 2.45) is 0 Å². The van der Waals surface area contributed by atoms with Crippen LogP contribution in [0.1, 0.15) is 31.4 Å². The maximum absolute atomic E-state index is 6.33. The lowest BCUT2D eigenvalue weighted by molar-refractivity contribution is 0.0672. The first-order valence-electron chi connectivity index (χ1n) is 7.57. The molecule has 118 valence electrons. The Labute approximate surface area is 137 Å². The molecule has 0 aromatic heterocycles. The zero-order valence-corrected chi connectivity index (χ0v) is 14.3. The van der Waals surface area contributed by atoms with Gasteiger partial charge < -0.3 is 15.0 Å². The molecule has 1 aliphatic rings. The molecule has 1 saturated heterocycles. The van der Waals surface area contributed by atoms with E-state index in [1.807, 2.05) is 25.2 Å². The monoisotopic (exact) mass is 330 g/mol. The second-order valence-electron chi connectivity index (χ2n) is 5.61. The van der Waals surface area contributed by atoms with Crippen LogP contribution >= 0.6 is 23.2 Å². The number of hydrogen-bond donors (Lipinski definition) is 1. The van der Waals surface area contributed by atoms with Gasteiger partial charge in [-0.1, -0.05) is 35.3 Å². The van der Waals surface area contributed by atoms with Crippen LogP contribution in [0, 0.1) is 0 Å². The van der Waals surface area contributed by atoms with Crippen molar-refractivity contribution in [1.82, 2.24) is 10.2 Å². The van der Waals surface area contributed by atoms with Gasteiger partial charge in [0.05, 0.1) is 16.1 Å². The number of ether oxygens (including phenoxy) is 1. The van der Waals surface area contributed by atoms with E-state index in [0.717, 1.165) is 44.6 Å². The van der Waals surface area contributed by atoms with E-state index in [1.165, 1.54) is 0 Å². The number of halogens is 2. The highest BCUT2D eigenvalue weighted by Crippen LogP contribution is 2.31. The third-order valence-corrected chi connectivity index (χ3v) is 4.81. The molecular formula is C16H24Cl2N2O. The van der Waals surface area contributed by atoms with Crippen molar-refractivity contribution in [3.63, 3.8) is 0 Å². The molecule has 1 fully saturated rings. The molecule has 3 nitrogen and oxygen atoms in total. The molecule has 0 bridgehead atoms. The summed E-state index contributed by atoms with van der Waals surface area (Å²) < 4.78 is 5.69. The third-order valence-electron chi connectivity index (χ3n) is 3.98. The van der Waals surface area contributed by atoms with Crippen LogP contribution in [0.15, 0.2) is 18.2 Å². The lowest BCUT2D eigenvalue weighted by Crippen LogP contribution is -2.33. The van der Waals surface area contributed by atoms with Crippen LogP contribution in [0.3, 0.4) is 0 Å². The van der Waals surface area contributed by atoms with Gasteiger partial charge in [-0.15, -0.1) is 0 Å². The van der Waals surface area contributed by atoms with E-state index >= 15 is 0 Å². The molecule has 1 aromatic carbocycles. The summed E-state index contributed by atoms with van der Waals surface area (Å²) in [6.07, 6.45) is 2.42. The van der Waals surface area contributed by atoms with Crippen molar-refractivity contribution < 1.29 is 4.74 Å². The first kappa shape index (κ1) is 17.0. The van der Waals surface area contributed by atoms with E-state index in [4.69, 9.17) is 27.9 Å². The Morgan fingerprint density at radius 1 is 1.43 bits per heavy atom. The third kappa shape index (κ3) is 4.83. The highest BCUT2D eigenvalue weighted by atomic mass is 35.5. The fourth-order valence-electron chi connectivity index (χ4n) is 2.84. The van der Waals surface area contributed by atoms with Crippen LogP contribution in [0.2, 0.25) is 10.0 Å². The van der Waals surface area contributed by atoms with Gasteiger partial charge in [0.1, 0.15) is 0 Å². The zero-order valence-electron chi connectivity index (χ0n) is 12.7. The van der Waals surface area contributed by atoms with E-state index in [-0.39, 0.29) is 6.04 Å². The maximum atomic E-state index is 6.33. The number of benzene rings is 1. The quantitative estimate of drug-likeness (QED) is 0.889. The summed E-state index contributed by atoms with van der Waals surface area (Å²) in [5.41, 5.74) is 1.07. The Kier molecular flexibility index (Phi) is 6.77. The summed E-state index contributed by atoms with van der Waals surface area (Å²) in [6.45, 7) is 6.14. The Morgan fingerprint density at radius 3 is 3.00 bits per heavy atom. The molecule has 0 spiro atoms. The Bertz CT molecular complexity index is 456. The van der Waals surface area contributed by atoms with Crippen LogP contribution < -0.4 is 5.32 Å². The van der Waals surface area contributed by atoms with Gasteiger partial charge in [0, 0.05) is 32.3 Å². The van der Waals surface area contributed by atoms with E-state index < -0.39 is 0 Å². The maximum Gasteiger partial charge on any atom is 0.0673 e. The summed E-state index contributed by atoms with van der Waals surface area (Å²) in [5, 5.41) is 4.63. The largest absolute Gasteiger partial charge is 0.377 e. The highest BCUT2D eigenvalue weighted by molar-refractivity contribution is 6.42. The highest BCUT2D eigenvalue weighted by Gasteiger charge is 2.19. The average Bonchev–Trinajstić information content (AvgIpc) is 2.68. The van der Waals surface area contributed by atoms with Crippen molar-refractivity contribution in [3.8, 4) is 0 Å². The van der Waals surface area contributed by atoms with Gasteiger partial charge in [-0.05, 0) is 38.4 Å². The Balaban J connectivity index is 1.97. The molecule has 21 heavy (non-hydrogen) atoms. The number of hydrogen-bond acceptors (Lipinski definition) is 3. The molecule has 1 heterocycles. The molecule has 0 amide bonds. The summed E-state index contributed by atoms with van der Waals surface area (Å²) in [6, 6.07) is 6.04. The van der Waals surface area contributed by atoms with Crippen LogP contribution in [0.25, 0.3) is 0 Å². The summed E-state index contributed by atoms with van der Waals surface area (Å²) in [7, 11) is 1.97. The van der Waals surface area contributed by atoms with Crippen LogP contribution in [0.4, 0.5) is 0 Å². The summed E-state index contributed by atoms with van der Waals surface area (Å²) >= 11 is 12.4. The predicted octanol–water partition coefficient (Wildman–Crippen LogP) is 3.75. The van der Waals surface area contributed by atoms with E-state index in [2.05, 4.69) is 17.1 Å². The normalized spacial score (nSPS) is 22.0. The fourth-order valence-corrected chi connectivity index (χ4v) is 3.28. The van der Waals surface area contributed by atoms with Gasteiger partial charge in [-0.25, -0.2) is 0 Å². The lowest BCUT2D eigenvalue weighted by atomic mass is 10.0. The molecule has 2 atom stereocenters. The van der Waals surface area contributed by atoms with Gasteiger partial charge in [0.25, 0.3) is 0 Å². The number of nitrogens with zero attached hydrogens (tertiary/aromatic N) is 1. The molecule has 1 aromatic rings. The molecular weight excluding hydrogens is 307 g/mol. The zero-order chi connectivity index (χ0) is 15.2. The molecule has 5 heteroatoms. The topological polar surface area (TPSA) is 24.5 Å². The Hall–Kier alpha value is -0.320. The fraction of sp³-hybridized carbons (Fsp3) is 0.625. The predicted molar refractivity (Wildman–Crippen MR) is 89.4 cm³/mol. The van der Waals surface area contributed by atoms with Crippen molar-refractivity contribution in [2.75, 3.05) is 33.3 Å². The van der Waals surface area contributed by atoms with E-state index in [1.54, 1.807) is 0 Å². The number of rotatable bonds is 5. The SMILES string of the molecule is CNC(CCN1CCCOC(C)C1)c1cccc(Cl)c1Cl. The first-order chi connectivity index (χ1) is 10.1. The minimum absolute atomic E-state index is 0.218. The smallest absolute Gasteiger partial charge is 0.0673 e. The first-order valence-corrected chi connectivity index (χ1v) is 8.32. The van der Waals surface area contributed by atoms with E-state index in [0.29, 0.717) is 16.1 Å². The van der Waals surface area contributed by atoms with Gasteiger partial charge >= 0.3 is 0 Å². The van der Waals surface area contributed by atoms with Gasteiger partial charge in [-0.3, -0.25) is 0 Å². The summed E-state index contributed by atoms with van der Waals surface area (Å²) in [4.78, 5) is 2.47.